The largest absolute Gasteiger partial charge is 0.334 e. The first-order valence-corrected chi connectivity index (χ1v) is 9.69. The Kier molecular flexibility index (Phi) is 7.84. The zero-order valence-electron chi connectivity index (χ0n) is 13.8. The summed E-state index contributed by atoms with van der Waals surface area (Å²) in [6, 6.07) is 0. The molecule has 0 aromatic carbocycles. The molecule has 0 atom stereocenters. The van der Waals surface area contributed by atoms with E-state index in [9.17, 15) is 0 Å². The smallest absolute Gasteiger partial charge is 0.176 e. The van der Waals surface area contributed by atoms with Gasteiger partial charge in [-0.3, -0.25) is 0 Å². The van der Waals surface area contributed by atoms with Crippen LogP contribution in [-0.2, 0) is 18.1 Å². The fourth-order valence-electron chi connectivity index (χ4n) is 1.56. The van der Waals surface area contributed by atoms with Crippen molar-refractivity contribution in [3.8, 4) is 0 Å². The molecular weight excluding hydrogens is 294 g/mol. The van der Waals surface area contributed by atoms with E-state index in [0.29, 0.717) is 26.4 Å². The van der Waals surface area contributed by atoms with Gasteiger partial charge in [0.1, 0.15) is 0 Å². The van der Waals surface area contributed by atoms with Gasteiger partial charge in [0.15, 0.2) is 16.8 Å². The maximum atomic E-state index is 5.93. The molecule has 1 heterocycles. The summed E-state index contributed by atoms with van der Waals surface area (Å²) >= 11 is 0. The molecule has 0 spiro atoms. The fourth-order valence-corrected chi connectivity index (χ4v) is 4.43. The van der Waals surface area contributed by atoms with Gasteiger partial charge in [0, 0.05) is 10.3 Å². The van der Waals surface area contributed by atoms with Crippen LogP contribution in [0.25, 0.3) is 0 Å². The van der Waals surface area contributed by atoms with Crippen LogP contribution in [0.1, 0.15) is 54.4 Å². The third kappa shape index (κ3) is 7.11. The Morgan fingerprint density at radius 1 is 0.550 bits per heavy atom. The van der Waals surface area contributed by atoms with Gasteiger partial charge >= 0.3 is 0 Å². The molecule has 1 aliphatic rings. The van der Waals surface area contributed by atoms with Gasteiger partial charge in [-0.1, -0.05) is 41.5 Å². The van der Waals surface area contributed by atoms with Crippen LogP contribution in [0.3, 0.4) is 0 Å². The highest BCUT2D eigenvalue weighted by molar-refractivity contribution is 7.49. The van der Waals surface area contributed by atoms with E-state index in [1.807, 2.05) is 0 Å². The van der Waals surface area contributed by atoms with Crippen molar-refractivity contribution in [2.24, 2.45) is 0 Å². The summed E-state index contributed by atoms with van der Waals surface area (Å²) in [5.41, 5.74) is 0. The van der Waals surface area contributed by atoms with E-state index in [2.05, 4.69) is 41.5 Å². The Labute approximate surface area is 126 Å². The first-order valence-electron chi connectivity index (χ1n) is 7.33. The Hall–Kier alpha value is 0.700. The van der Waals surface area contributed by atoms with Gasteiger partial charge in [-0.25, -0.2) is 0 Å². The number of rotatable bonds is 0. The van der Waals surface area contributed by atoms with E-state index < -0.39 is 16.8 Å². The van der Waals surface area contributed by atoms with Crippen LogP contribution in [0.4, 0.5) is 0 Å². The average molecular weight is 324 g/mol. The standard InChI is InChI=1S/C14H30O4P2/c1-13(2,3)19-15-9-7-11-17-20(14(4,5)6)18-12-8-10-16-19/h7-12H2,1-6H3. The highest BCUT2D eigenvalue weighted by atomic mass is 31.2. The summed E-state index contributed by atoms with van der Waals surface area (Å²) < 4.78 is 23.7. The molecule has 1 saturated heterocycles. The maximum Gasteiger partial charge on any atom is 0.176 e. The first-order chi connectivity index (χ1) is 9.21. The highest BCUT2D eigenvalue weighted by Crippen LogP contribution is 2.53. The predicted molar refractivity (Wildman–Crippen MR) is 86.4 cm³/mol. The minimum absolute atomic E-state index is 0.0548. The third-order valence-corrected chi connectivity index (χ3v) is 6.37. The average Bonchev–Trinajstić information content (AvgIpc) is 2.26. The molecule has 0 aromatic heterocycles. The van der Waals surface area contributed by atoms with E-state index in [-0.39, 0.29) is 10.3 Å². The zero-order valence-corrected chi connectivity index (χ0v) is 15.6. The van der Waals surface area contributed by atoms with Gasteiger partial charge in [0.25, 0.3) is 0 Å². The molecule has 120 valence electrons. The molecule has 0 bridgehead atoms. The summed E-state index contributed by atoms with van der Waals surface area (Å²) in [6.45, 7) is 15.7. The molecule has 0 saturated carbocycles. The monoisotopic (exact) mass is 324 g/mol. The molecule has 0 N–H and O–H groups in total. The van der Waals surface area contributed by atoms with E-state index >= 15 is 0 Å². The van der Waals surface area contributed by atoms with Crippen molar-refractivity contribution in [3.05, 3.63) is 0 Å². The molecule has 6 heteroatoms. The lowest BCUT2D eigenvalue weighted by atomic mass is 10.3. The number of hydrogen-bond acceptors (Lipinski definition) is 4. The van der Waals surface area contributed by atoms with Crippen molar-refractivity contribution in [3.63, 3.8) is 0 Å². The summed E-state index contributed by atoms with van der Waals surface area (Å²) in [6.07, 6.45) is 1.77. The van der Waals surface area contributed by atoms with Gasteiger partial charge in [0.2, 0.25) is 0 Å². The minimum Gasteiger partial charge on any atom is -0.334 e. The molecule has 0 aromatic rings. The van der Waals surface area contributed by atoms with E-state index in [1.54, 1.807) is 0 Å². The van der Waals surface area contributed by atoms with Crippen molar-refractivity contribution >= 4 is 16.8 Å². The Morgan fingerprint density at radius 2 is 0.800 bits per heavy atom. The van der Waals surface area contributed by atoms with Crippen LogP contribution in [0.2, 0.25) is 0 Å². The van der Waals surface area contributed by atoms with Crippen molar-refractivity contribution in [2.75, 3.05) is 26.4 Å². The van der Waals surface area contributed by atoms with Gasteiger partial charge in [-0.05, 0) is 12.8 Å². The molecule has 1 aliphatic heterocycles. The predicted octanol–water partition coefficient (Wildman–Crippen LogP) is 5.07. The second-order valence-corrected chi connectivity index (χ2v) is 11.6. The van der Waals surface area contributed by atoms with Gasteiger partial charge < -0.3 is 18.1 Å². The molecule has 0 aliphatic carbocycles. The van der Waals surface area contributed by atoms with Gasteiger partial charge in [-0.2, -0.15) is 0 Å². The van der Waals surface area contributed by atoms with Crippen molar-refractivity contribution in [2.45, 2.75) is 64.7 Å². The zero-order chi connectivity index (χ0) is 15.2. The Balaban J connectivity index is 2.51. The molecular formula is C14H30O4P2. The van der Waals surface area contributed by atoms with Gasteiger partial charge in [0.05, 0.1) is 26.4 Å². The molecule has 20 heavy (non-hydrogen) atoms. The van der Waals surface area contributed by atoms with E-state index in [0.717, 1.165) is 12.8 Å². The summed E-state index contributed by atoms with van der Waals surface area (Å²) in [5.74, 6) is 0. The van der Waals surface area contributed by atoms with E-state index in [4.69, 9.17) is 18.1 Å². The van der Waals surface area contributed by atoms with Crippen LogP contribution >= 0.6 is 16.8 Å². The SMILES string of the molecule is CC(C)(C)P1OCCCOP(C(C)(C)C)OCCCO1. The lowest BCUT2D eigenvalue weighted by molar-refractivity contribution is 0.171. The molecule has 0 amide bonds. The topological polar surface area (TPSA) is 36.9 Å². The minimum atomic E-state index is -0.845. The maximum absolute atomic E-state index is 5.93. The Bertz CT molecular complexity index is 233. The molecule has 4 nitrogen and oxygen atoms in total. The normalized spacial score (nSPS) is 28.5. The van der Waals surface area contributed by atoms with E-state index in [1.165, 1.54) is 0 Å². The molecule has 0 radical (unpaired) electrons. The highest BCUT2D eigenvalue weighted by Gasteiger charge is 2.29. The van der Waals surface area contributed by atoms with Crippen LogP contribution in [0, 0.1) is 0 Å². The van der Waals surface area contributed by atoms with Crippen LogP contribution in [-0.4, -0.2) is 36.7 Å². The summed E-state index contributed by atoms with van der Waals surface area (Å²) in [5, 5.41) is 0.110. The van der Waals surface area contributed by atoms with Crippen molar-refractivity contribution in [1.82, 2.24) is 0 Å². The summed E-state index contributed by atoms with van der Waals surface area (Å²) in [4.78, 5) is 0. The fraction of sp³-hybridized carbons (Fsp3) is 1.00. The second-order valence-electron chi connectivity index (χ2n) is 6.90. The van der Waals surface area contributed by atoms with Crippen LogP contribution in [0.5, 0.6) is 0 Å². The lowest BCUT2D eigenvalue weighted by Gasteiger charge is -2.32. The van der Waals surface area contributed by atoms with Crippen molar-refractivity contribution < 1.29 is 18.1 Å². The first kappa shape index (κ1) is 18.7. The molecule has 1 fully saturated rings. The van der Waals surface area contributed by atoms with Crippen molar-refractivity contribution in [1.29, 1.82) is 0 Å². The van der Waals surface area contributed by atoms with Crippen LogP contribution in [0.15, 0.2) is 0 Å². The van der Waals surface area contributed by atoms with Gasteiger partial charge in [-0.15, -0.1) is 0 Å². The third-order valence-electron chi connectivity index (χ3n) is 2.51. The summed E-state index contributed by atoms with van der Waals surface area (Å²) in [7, 11) is -1.69. The second kappa shape index (κ2) is 8.36. The quantitative estimate of drug-likeness (QED) is 0.583. The lowest BCUT2D eigenvalue weighted by Crippen LogP contribution is -2.19. The Morgan fingerprint density at radius 3 is 1.00 bits per heavy atom. The number of hydrogen-bond donors (Lipinski definition) is 0. The molecule has 0 unspecified atom stereocenters. The molecule has 1 rings (SSSR count). The van der Waals surface area contributed by atoms with Crippen LogP contribution < -0.4 is 0 Å².